The summed E-state index contributed by atoms with van der Waals surface area (Å²) in [5.41, 5.74) is 1.67. The summed E-state index contributed by atoms with van der Waals surface area (Å²) in [6, 6.07) is 8.54. The molecule has 0 N–H and O–H groups in total. The van der Waals surface area contributed by atoms with Crippen molar-refractivity contribution < 1.29 is 9.66 Å². The monoisotopic (exact) mass is 306 g/mol. The van der Waals surface area contributed by atoms with Crippen molar-refractivity contribution in [3.8, 4) is 17.0 Å². The number of nitro groups is 1. The van der Waals surface area contributed by atoms with Crippen molar-refractivity contribution in [1.82, 2.24) is 4.98 Å². The standard InChI is InChI=1S/C15H15ClN2O3/c1-9(2)14-13(18(19)20)8-12(15(17-14)21-3)10-5-4-6-11(16)7-10/h4-9H,1-3H3. The summed E-state index contributed by atoms with van der Waals surface area (Å²) >= 11 is 5.98. The molecule has 0 fully saturated rings. The molecule has 0 aliphatic carbocycles. The van der Waals surface area contributed by atoms with Crippen LogP contribution < -0.4 is 4.74 Å². The summed E-state index contributed by atoms with van der Waals surface area (Å²) in [7, 11) is 1.49. The number of halogens is 1. The lowest BCUT2D eigenvalue weighted by Gasteiger charge is -2.12. The van der Waals surface area contributed by atoms with Gasteiger partial charge in [-0.25, -0.2) is 4.98 Å². The third-order valence-corrected chi connectivity index (χ3v) is 3.30. The molecule has 0 atom stereocenters. The number of rotatable bonds is 4. The Morgan fingerprint density at radius 2 is 2.05 bits per heavy atom. The zero-order valence-corrected chi connectivity index (χ0v) is 12.7. The fourth-order valence-corrected chi connectivity index (χ4v) is 2.28. The van der Waals surface area contributed by atoms with E-state index in [4.69, 9.17) is 16.3 Å². The number of aromatic nitrogens is 1. The second-order valence-corrected chi connectivity index (χ2v) is 5.31. The van der Waals surface area contributed by atoms with Gasteiger partial charge in [0, 0.05) is 17.0 Å². The van der Waals surface area contributed by atoms with E-state index in [0.29, 0.717) is 22.2 Å². The summed E-state index contributed by atoms with van der Waals surface area (Å²) in [4.78, 5) is 15.2. The first-order valence-corrected chi connectivity index (χ1v) is 6.81. The lowest BCUT2D eigenvalue weighted by atomic mass is 10.0. The number of methoxy groups -OCH3 is 1. The van der Waals surface area contributed by atoms with Crippen molar-refractivity contribution >= 4 is 17.3 Å². The average molecular weight is 307 g/mol. The number of benzene rings is 1. The van der Waals surface area contributed by atoms with E-state index in [9.17, 15) is 10.1 Å². The molecule has 0 amide bonds. The van der Waals surface area contributed by atoms with E-state index >= 15 is 0 Å². The molecule has 0 spiro atoms. The molecule has 6 heteroatoms. The van der Waals surface area contributed by atoms with Crippen LogP contribution in [0.1, 0.15) is 25.5 Å². The number of hydrogen-bond acceptors (Lipinski definition) is 4. The first-order chi connectivity index (χ1) is 9.93. The molecule has 0 bridgehead atoms. The highest BCUT2D eigenvalue weighted by atomic mass is 35.5. The fraction of sp³-hybridized carbons (Fsp3) is 0.267. The molecule has 0 aliphatic heterocycles. The molecule has 0 unspecified atom stereocenters. The van der Waals surface area contributed by atoms with Gasteiger partial charge in [0.1, 0.15) is 5.69 Å². The van der Waals surface area contributed by atoms with E-state index in [1.54, 1.807) is 18.2 Å². The summed E-state index contributed by atoms with van der Waals surface area (Å²) in [5.74, 6) is 0.277. The molecule has 0 radical (unpaired) electrons. The van der Waals surface area contributed by atoms with Crippen LogP contribution in [0.5, 0.6) is 5.88 Å². The van der Waals surface area contributed by atoms with E-state index in [1.165, 1.54) is 13.2 Å². The lowest BCUT2D eigenvalue weighted by molar-refractivity contribution is -0.386. The van der Waals surface area contributed by atoms with Gasteiger partial charge in [-0.05, 0) is 17.7 Å². The van der Waals surface area contributed by atoms with Gasteiger partial charge >= 0.3 is 0 Å². The fourth-order valence-electron chi connectivity index (χ4n) is 2.09. The number of pyridine rings is 1. The summed E-state index contributed by atoms with van der Waals surface area (Å²) in [6.45, 7) is 3.71. The van der Waals surface area contributed by atoms with Gasteiger partial charge in [-0.3, -0.25) is 10.1 Å². The minimum absolute atomic E-state index is 0.0132. The zero-order valence-electron chi connectivity index (χ0n) is 12.0. The van der Waals surface area contributed by atoms with Crippen LogP contribution in [0.2, 0.25) is 5.02 Å². The van der Waals surface area contributed by atoms with E-state index < -0.39 is 4.92 Å². The maximum atomic E-state index is 11.3. The third-order valence-electron chi connectivity index (χ3n) is 3.07. The Morgan fingerprint density at radius 3 is 2.57 bits per heavy atom. The van der Waals surface area contributed by atoms with Gasteiger partial charge in [0.25, 0.3) is 5.69 Å². The Labute approximate surface area is 127 Å². The van der Waals surface area contributed by atoms with Crippen molar-refractivity contribution in [3.63, 3.8) is 0 Å². The van der Waals surface area contributed by atoms with Crippen LogP contribution in [-0.2, 0) is 0 Å². The minimum atomic E-state index is -0.421. The Bertz CT molecular complexity index is 687. The third kappa shape index (κ3) is 3.13. The molecule has 1 aromatic carbocycles. The first-order valence-electron chi connectivity index (χ1n) is 6.43. The van der Waals surface area contributed by atoms with E-state index in [1.807, 2.05) is 19.9 Å². The van der Waals surface area contributed by atoms with Crippen LogP contribution in [0, 0.1) is 10.1 Å². The Balaban J connectivity index is 2.71. The number of nitrogens with zero attached hydrogens (tertiary/aromatic N) is 2. The van der Waals surface area contributed by atoms with Gasteiger partial charge in [-0.15, -0.1) is 0 Å². The summed E-state index contributed by atoms with van der Waals surface area (Å²) in [5, 5.41) is 11.8. The van der Waals surface area contributed by atoms with Gasteiger partial charge in [-0.1, -0.05) is 37.6 Å². The molecule has 5 nitrogen and oxygen atoms in total. The topological polar surface area (TPSA) is 65.3 Å². The predicted molar refractivity (Wildman–Crippen MR) is 82.0 cm³/mol. The van der Waals surface area contributed by atoms with Crippen molar-refractivity contribution in [3.05, 3.63) is 51.2 Å². The normalized spacial score (nSPS) is 10.7. The summed E-state index contributed by atoms with van der Waals surface area (Å²) < 4.78 is 5.29. The van der Waals surface area contributed by atoms with Crippen LogP contribution in [0.4, 0.5) is 5.69 Å². The molecule has 1 heterocycles. The molecular weight excluding hydrogens is 292 g/mol. The smallest absolute Gasteiger partial charge is 0.291 e. The van der Waals surface area contributed by atoms with Crippen LogP contribution >= 0.6 is 11.6 Å². The molecule has 0 aliphatic rings. The Kier molecular flexibility index (Phi) is 4.43. The average Bonchev–Trinajstić information content (AvgIpc) is 2.45. The molecule has 110 valence electrons. The second-order valence-electron chi connectivity index (χ2n) is 4.87. The van der Waals surface area contributed by atoms with Crippen molar-refractivity contribution in [2.75, 3.05) is 7.11 Å². The lowest BCUT2D eigenvalue weighted by Crippen LogP contribution is -2.04. The van der Waals surface area contributed by atoms with Gasteiger partial charge in [0.15, 0.2) is 0 Å². The second kappa shape index (κ2) is 6.10. The molecule has 1 aromatic heterocycles. The van der Waals surface area contributed by atoms with Crippen LogP contribution in [0.3, 0.4) is 0 Å². The molecule has 0 saturated heterocycles. The highest BCUT2D eigenvalue weighted by molar-refractivity contribution is 6.30. The highest BCUT2D eigenvalue weighted by Crippen LogP contribution is 2.36. The zero-order chi connectivity index (χ0) is 15.6. The SMILES string of the molecule is COc1nc(C(C)C)c([N+](=O)[O-])cc1-c1cccc(Cl)c1. The van der Waals surface area contributed by atoms with E-state index in [-0.39, 0.29) is 11.6 Å². The van der Waals surface area contributed by atoms with Crippen molar-refractivity contribution in [2.45, 2.75) is 19.8 Å². The van der Waals surface area contributed by atoms with Crippen molar-refractivity contribution in [2.24, 2.45) is 0 Å². The summed E-state index contributed by atoms with van der Waals surface area (Å²) in [6.07, 6.45) is 0. The largest absolute Gasteiger partial charge is 0.481 e. The van der Waals surface area contributed by atoms with Crippen LogP contribution in [0.25, 0.3) is 11.1 Å². The van der Waals surface area contributed by atoms with Gasteiger partial charge in [-0.2, -0.15) is 0 Å². The van der Waals surface area contributed by atoms with Crippen LogP contribution in [0.15, 0.2) is 30.3 Å². The molecule has 0 saturated carbocycles. The Morgan fingerprint density at radius 1 is 1.33 bits per heavy atom. The highest BCUT2D eigenvalue weighted by Gasteiger charge is 2.23. The first kappa shape index (κ1) is 15.3. The van der Waals surface area contributed by atoms with E-state index in [2.05, 4.69) is 4.98 Å². The molecule has 2 aromatic rings. The van der Waals surface area contributed by atoms with Gasteiger partial charge in [0.2, 0.25) is 5.88 Å². The van der Waals surface area contributed by atoms with Crippen molar-refractivity contribution in [1.29, 1.82) is 0 Å². The Hall–Kier alpha value is -2.14. The van der Waals surface area contributed by atoms with E-state index in [0.717, 1.165) is 5.56 Å². The number of hydrogen-bond donors (Lipinski definition) is 0. The van der Waals surface area contributed by atoms with Crippen LogP contribution in [-0.4, -0.2) is 17.0 Å². The molecular formula is C15H15ClN2O3. The predicted octanol–water partition coefficient (Wildman–Crippen LogP) is 4.44. The van der Waals surface area contributed by atoms with Gasteiger partial charge in [0.05, 0.1) is 17.6 Å². The maximum absolute atomic E-state index is 11.3. The molecule has 2 rings (SSSR count). The quantitative estimate of drug-likeness (QED) is 0.618. The number of ether oxygens (including phenoxy) is 1. The molecule has 21 heavy (non-hydrogen) atoms. The maximum Gasteiger partial charge on any atom is 0.291 e. The van der Waals surface area contributed by atoms with Gasteiger partial charge < -0.3 is 4.74 Å². The minimum Gasteiger partial charge on any atom is -0.481 e.